The summed E-state index contributed by atoms with van der Waals surface area (Å²) in [5.41, 5.74) is -0.469. The van der Waals surface area contributed by atoms with Gasteiger partial charge in [0.2, 0.25) is 0 Å². The predicted molar refractivity (Wildman–Crippen MR) is 44.2 cm³/mol. The van der Waals surface area contributed by atoms with Gasteiger partial charge >= 0.3 is 11.9 Å². The van der Waals surface area contributed by atoms with Crippen LogP contribution in [0.1, 0.15) is 20.7 Å². The van der Waals surface area contributed by atoms with Crippen LogP contribution in [0.25, 0.3) is 0 Å². The Bertz CT molecular complexity index is 383. The van der Waals surface area contributed by atoms with E-state index in [1.807, 2.05) is 0 Å². The van der Waals surface area contributed by atoms with Crippen molar-refractivity contribution in [1.29, 1.82) is 0 Å². The zero-order valence-electron chi connectivity index (χ0n) is 7.31. The fourth-order valence-electron chi connectivity index (χ4n) is 0.988. The summed E-state index contributed by atoms with van der Waals surface area (Å²) in [5.74, 6) is -2.57. The monoisotopic (exact) mass is 195 g/mol. The SMILES string of the molecule is COC(=O)c1ccc([O-])cc1C(=O)O. The number of carbonyl (C=O) groups is 2. The number of hydrogen-bond donors (Lipinski definition) is 1. The van der Waals surface area contributed by atoms with Gasteiger partial charge in [0.1, 0.15) is 0 Å². The highest BCUT2D eigenvalue weighted by molar-refractivity contribution is 6.02. The normalized spacial score (nSPS) is 9.50. The molecule has 0 fully saturated rings. The van der Waals surface area contributed by atoms with E-state index < -0.39 is 17.7 Å². The van der Waals surface area contributed by atoms with Gasteiger partial charge in [-0.2, -0.15) is 0 Å². The van der Waals surface area contributed by atoms with Crippen LogP contribution in [0.3, 0.4) is 0 Å². The summed E-state index contributed by atoms with van der Waals surface area (Å²) in [6.45, 7) is 0. The Morgan fingerprint density at radius 1 is 1.36 bits per heavy atom. The van der Waals surface area contributed by atoms with Crippen molar-refractivity contribution in [3.8, 4) is 5.75 Å². The van der Waals surface area contributed by atoms with Crippen LogP contribution in [-0.2, 0) is 4.74 Å². The van der Waals surface area contributed by atoms with E-state index in [9.17, 15) is 14.7 Å². The Morgan fingerprint density at radius 2 is 2.00 bits per heavy atom. The minimum Gasteiger partial charge on any atom is -0.872 e. The Hall–Kier alpha value is -2.04. The maximum atomic E-state index is 11.1. The van der Waals surface area contributed by atoms with Crippen LogP contribution in [0.4, 0.5) is 0 Å². The van der Waals surface area contributed by atoms with Crippen molar-refractivity contribution < 1.29 is 24.5 Å². The maximum Gasteiger partial charge on any atom is 0.338 e. The van der Waals surface area contributed by atoms with Crippen LogP contribution in [-0.4, -0.2) is 24.2 Å². The summed E-state index contributed by atoms with van der Waals surface area (Å²) in [7, 11) is 1.14. The van der Waals surface area contributed by atoms with Gasteiger partial charge in [0.25, 0.3) is 0 Å². The van der Waals surface area contributed by atoms with E-state index in [4.69, 9.17) is 5.11 Å². The molecule has 0 bridgehead atoms. The zero-order valence-corrected chi connectivity index (χ0v) is 7.31. The molecule has 1 aromatic rings. The first kappa shape index (κ1) is 10.0. The van der Waals surface area contributed by atoms with Crippen molar-refractivity contribution >= 4 is 11.9 Å². The van der Waals surface area contributed by atoms with Crippen molar-refractivity contribution in [2.75, 3.05) is 7.11 Å². The van der Waals surface area contributed by atoms with Crippen molar-refractivity contribution in [2.24, 2.45) is 0 Å². The van der Waals surface area contributed by atoms with Crippen LogP contribution in [0.5, 0.6) is 5.75 Å². The number of esters is 1. The van der Waals surface area contributed by atoms with E-state index in [0.29, 0.717) is 0 Å². The molecule has 0 aliphatic rings. The summed E-state index contributed by atoms with van der Waals surface area (Å²) in [6.07, 6.45) is 0. The topological polar surface area (TPSA) is 86.7 Å². The van der Waals surface area contributed by atoms with E-state index in [0.717, 1.165) is 25.3 Å². The molecule has 14 heavy (non-hydrogen) atoms. The molecule has 0 heterocycles. The molecule has 1 rings (SSSR count). The average molecular weight is 195 g/mol. The maximum absolute atomic E-state index is 11.1. The number of benzene rings is 1. The van der Waals surface area contributed by atoms with Crippen molar-refractivity contribution in [3.63, 3.8) is 0 Å². The lowest BCUT2D eigenvalue weighted by molar-refractivity contribution is -0.268. The van der Waals surface area contributed by atoms with E-state index in [1.165, 1.54) is 0 Å². The fourth-order valence-corrected chi connectivity index (χ4v) is 0.988. The Balaban J connectivity index is 3.28. The molecular formula is C9H7O5-. The molecule has 74 valence electrons. The highest BCUT2D eigenvalue weighted by Crippen LogP contribution is 2.15. The van der Waals surface area contributed by atoms with E-state index in [1.54, 1.807) is 0 Å². The van der Waals surface area contributed by atoms with E-state index in [-0.39, 0.29) is 11.1 Å². The van der Waals surface area contributed by atoms with Gasteiger partial charge in [0, 0.05) is 0 Å². The van der Waals surface area contributed by atoms with Gasteiger partial charge in [-0.05, 0) is 6.07 Å². The van der Waals surface area contributed by atoms with Crippen molar-refractivity contribution in [2.45, 2.75) is 0 Å². The first-order valence-corrected chi connectivity index (χ1v) is 3.69. The second kappa shape index (κ2) is 3.78. The molecule has 1 N–H and O–H groups in total. The molecule has 5 nitrogen and oxygen atoms in total. The van der Waals surface area contributed by atoms with Crippen molar-refractivity contribution in [3.05, 3.63) is 29.3 Å². The van der Waals surface area contributed by atoms with Crippen LogP contribution < -0.4 is 5.11 Å². The third-order valence-electron chi connectivity index (χ3n) is 1.63. The number of ether oxygens (including phenoxy) is 1. The first-order valence-electron chi connectivity index (χ1n) is 3.69. The minimum absolute atomic E-state index is 0.125. The lowest BCUT2D eigenvalue weighted by Crippen LogP contribution is -2.10. The van der Waals surface area contributed by atoms with Crippen LogP contribution >= 0.6 is 0 Å². The molecule has 1 aromatic carbocycles. The number of methoxy groups -OCH3 is 1. The molecule has 0 aliphatic carbocycles. The second-order valence-corrected chi connectivity index (χ2v) is 2.50. The Morgan fingerprint density at radius 3 is 2.50 bits per heavy atom. The number of carboxylic acids is 1. The van der Waals surface area contributed by atoms with Crippen LogP contribution in [0.15, 0.2) is 18.2 Å². The molecule has 0 aromatic heterocycles. The first-order chi connectivity index (χ1) is 6.56. The predicted octanol–water partition coefficient (Wildman–Crippen LogP) is 0.245. The molecule has 0 unspecified atom stereocenters. The third-order valence-corrected chi connectivity index (χ3v) is 1.63. The third kappa shape index (κ3) is 1.82. The summed E-state index contributed by atoms with van der Waals surface area (Å²) in [5, 5.41) is 19.5. The van der Waals surface area contributed by atoms with E-state index in [2.05, 4.69) is 4.74 Å². The number of carboxylic acid groups (broad SMARTS) is 1. The number of rotatable bonds is 2. The number of carbonyl (C=O) groups excluding carboxylic acids is 1. The summed E-state index contributed by atoms with van der Waals surface area (Å²) in [4.78, 5) is 21.7. The van der Waals surface area contributed by atoms with Gasteiger partial charge in [-0.3, -0.25) is 0 Å². The Labute approximate surface area is 79.6 Å². The minimum atomic E-state index is -1.33. The van der Waals surface area contributed by atoms with Gasteiger partial charge in [0.05, 0.1) is 18.2 Å². The molecule has 0 saturated heterocycles. The largest absolute Gasteiger partial charge is 0.872 e. The molecular weight excluding hydrogens is 188 g/mol. The van der Waals surface area contributed by atoms with Gasteiger partial charge in [-0.1, -0.05) is 12.1 Å². The lowest BCUT2D eigenvalue weighted by atomic mass is 10.1. The number of hydrogen-bond acceptors (Lipinski definition) is 4. The molecule has 0 amide bonds. The molecule has 0 saturated carbocycles. The molecule has 5 heteroatoms. The van der Waals surface area contributed by atoms with Crippen LogP contribution in [0, 0.1) is 0 Å². The highest BCUT2D eigenvalue weighted by Gasteiger charge is 2.15. The second-order valence-electron chi connectivity index (χ2n) is 2.50. The van der Waals surface area contributed by atoms with Gasteiger partial charge in [-0.15, -0.1) is 5.75 Å². The smallest absolute Gasteiger partial charge is 0.338 e. The lowest BCUT2D eigenvalue weighted by Gasteiger charge is -2.09. The number of aromatic carboxylic acids is 1. The fraction of sp³-hybridized carbons (Fsp3) is 0.111. The Kier molecular flexibility index (Phi) is 2.71. The molecule has 0 atom stereocenters. The zero-order chi connectivity index (χ0) is 10.7. The highest BCUT2D eigenvalue weighted by atomic mass is 16.5. The average Bonchev–Trinajstić information content (AvgIpc) is 2.16. The van der Waals surface area contributed by atoms with Gasteiger partial charge in [-0.25, -0.2) is 9.59 Å². The summed E-state index contributed by atoms with van der Waals surface area (Å²) >= 11 is 0. The summed E-state index contributed by atoms with van der Waals surface area (Å²) < 4.78 is 4.36. The van der Waals surface area contributed by atoms with Crippen LogP contribution in [0.2, 0.25) is 0 Å². The van der Waals surface area contributed by atoms with Gasteiger partial charge in [0.15, 0.2) is 0 Å². The van der Waals surface area contributed by atoms with E-state index >= 15 is 0 Å². The summed E-state index contributed by atoms with van der Waals surface area (Å²) in [6, 6.07) is 3.13. The molecule has 0 aliphatic heterocycles. The van der Waals surface area contributed by atoms with Crippen molar-refractivity contribution in [1.82, 2.24) is 0 Å². The quantitative estimate of drug-likeness (QED) is 0.683. The van der Waals surface area contributed by atoms with Gasteiger partial charge < -0.3 is 14.9 Å². The molecule has 0 radical (unpaired) electrons. The molecule has 0 spiro atoms. The standard InChI is InChI=1S/C9H8O5/c1-14-9(13)6-3-2-5(10)4-7(6)8(11)12/h2-4,10H,1H3,(H,11,12)/p-1.